The lowest BCUT2D eigenvalue weighted by Crippen LogP contribution is -2.15. The van der Waals surface area contributed by atoms with E-state index >= 15 is 0 Å². The molecule has 1 rings (SSSR count). The molecule has 15 heavy (non-hydrogen) atoms. The van der Waals surface area contributed by atoms with Gasteiger partial charge in [-0.1, -0.05) is 38.1 Å². The zero-order valence-corrected chi connectivity index (χ0v) is 9.78. The summed E-state index contributed by atoms with van der Waals surface area (Å²) in [7, 11) is 0. The van der Waals surface area contributed by atoms with Crippen molar-refractivity contribution in [2.75, 3.05) is 0 Å². The van der Waals surface area contributed by atoms with Crippen molar-refractivity contribution in [3.05, 3.63) is 35.4 Å². The summed E-state index contributed by atoms with van der Waals surface area (Å²) in [6.45, 7) is 7.60. The van der Waals surface area contributed by atoms with Crippen molar-refractivity contribution in [3.63, 3.8) is 0 Å². The van der Waals surface area contributed by atoms with E-state index in [1.54, 1.807) is 0 Å². The second kappa shape index (κ2) is 4.96. The Hall–Kier alpha value is -1.31. The third kappa shape index (κ3) is 3.08. The number of hydrogen-bond acceptors (Lipinski definition) is 2. The maximum atomic E-state index is 11.0. The van der Waals surface area contributed by atoms with Crippen LogP contribution in [-0.4, -0.2) is 5.97 Å². The molecule has 0 amide bonds. The van der Waals surface area contributed by atoms with Crippen LogP contribution in [0.25, 0.3) is 0 Å². The van der Waals surface area contributed by atoms with Crippen LogP contribution in [0.3, 0.4) is 0 Å². The zero-order chi connectivity index (χ0) is 11.4. The number of benzene rings is 1. The van der Waals surface area contributed by atoms with Crippen molar-refractivity contribution in [1.29, 1.82) is 0 Å². The minimum Gasteiger partial charge on any atom is -0.457 e. The van der Waals surface area contributed by atoms with Gasteiger partial charge in [0.15, 0.2) is 0 Å². The minimum absolute atomic E-state index is 0.135. The maximum absolute atomic E-state index is 11.0. The van der Waals surface area contributed by atoms with E-state index in [-0.39, 0.29) is 18.0 Å². The summed E-state index contributed by atoms with van der Waals surface area (Å²) in [6, 6.07) is 8.02. The lowest BCUT2D eigenvalue weighted by molar-refractivity contribution is -0.149. The number of carbonyl (C=O) groups is 1. The maximum Gasteiger partial charge on any atom is 0.303 e. The van der Waals surface area contributed by atoms with Gasteiger partial charge < -0.3 is 4.74 Å². The molecular weight excluding hydrogens is 188 g/mol. The molecule has 1 atom stereocenters. The third-order valence-corrected chi connectivity index (χ3v) is 2.39. The molecule has 1 aromatic rings. The van der Waals surface area contributed by atoms with Crippen molar-refractivity contribution in [2.45, 2.75) is 33.8 Å². The molecule has 0 aliphatic carbocycles. The molecule has 2 heteroatoms. The van der Waals surface area contributed by atoms with Gasteiger partial charge in [-0.3, -0.25) is 4.79 Å². The van der Waals surface area contributed by atoms with Crippen molar-refractivity contribution in [2.24, 2.45) is 5.92 Å². The Kier molecular flexibility index (Phi) is 3.89. The molecule has 1 unspecified atom stereocenters. The molecule has 0 aliphatic rings. The topological polar surface area (TPSA) is 26.3 Å². The summed E-state index contributed by atoms with van der Waals surface area (Å²) < 4.78 is 5.34. The first kappa shape index (κ1) is 11.8. The van der Waals surface area contributed by atoms with E-state index < -0.39 is 0 Å². The van der Waals surface area contributed by atoms with E-state index in [1.807, 2.05) is 31.2 Å². The third-order valence-electron chi connectivity index (χ3n) is 2.39. The highest BCUT2D eigenvalue weighted by Gasteiger charge is 2.20. The first-order valence-electron chi connectivity index (χ1n) is 5.25. The van der Waals surface area contributed by atoms with Gasteiger partial charge in [-0.15, -0.1) is 0 Å². The second-order valence-electron chi connectivity index (χ2n) is 4.13. The minimum atomic E-state index is -0.225. The molecule has 0 radical (unpaired) electrons. The highest BCUT2D eigenvalue weighted by atomic mass is 16.5. The summed E-state index contributed by atoms with van der Waals surface area (Å²) in [4.78, 5) is 11.0. The molecule has 82 valence electrons. The molecule has 0 N–H and O–H groups in total. The fourth-order valence-electron chi connectivity index (χ4n) is 1.64. The first-order valence-corrected chi connectivity index (χ1v) is 5.25. The Morgan fingerprint density at radius 2 is 1.87 bits per heavy atom. The summed E-state index contributed by atoms with van der Waals surface area (Å²) in [5, 5.41) is 0. The average molecular weight is 206 g/mol. The van der Waals surface area contributed by atoms with E-state index in [2.05, 4.69) is 13.8 Å². The van der Waals surface area contributed by atoms with Gasteiger partial charge in [-0.25, -0.2) is 0 Å². The van der Waals surface area contributed by atoms with E-state index in [0.717, 1.165) is 11.1 Å². The second-order valence-corrected chi connectivity index (χ2v) is 4.13. The molecule has 0 heterocycles. The average Bonchev–Trinajstić information content (AvgIpc) is 2.15. The predicted molar refractivity (Wildman–Crippen MR) is 60.5 cm³/mol. The van der Waals surface area contributed by atoms with Crippen LogP contribution in [0.1, 0.15) is 38.0 Å². The molecule has 0 saturated carbocycles. The van der Waals surface area contributed by atoms with Gasteiger partial charge in [0.25, 0.3) is 0 Å². The molecule has 0 spiro atoms. The van der Waals surface area contributed by atoms with Crippen molar-refractivity contribution >= 4 is 5.97 Å². The Morgan fingerprint density at radius 3 is 2.33 bits per heavy atom. The summed E-state index contributed by atoms with van der Waals surface area (Å²) in [5.41, 5.74) is 2.26. The van der Waals surface area contributed by atoms with E-state index in [0.29, 0.717) is 0 Å². The molecular formula is C13H18O2. The van der Waals surface area contributed by atoms with Crippen molar-refractivity contribution in [3.8, 4) is 0 Å². The van der Waals surface area contributed by atoms with Crippen LogP contribution in [0, 0.1) is 12.8 Å². The first-order chi connectivity index (χ1) is 7.02. The monoisotopic (exact) mass is 206 g/mol. The van der Waals surface area contributed by atoms with Gasteiger partial charge in [0.2, 0.25) is 0 Å². The molecule has 0 bridgehead atoms. The van der Waals surface area contributed by atoms with Crippen LogP contribution < -0.4 is 0 Å². The molecule has 0 aliphatic heterocycles. The predicted octanol–water partition coefficient (Wildman–Crippen LogP) is 3.26. The Bertz CT molecular complexity index is 342. The van der Waals surface area contributed by atoms with Crippen LogP contribution in [0.2, 0.25) is 0 Å². The standard InChI is InChI=1S/C13H18O2/c1-9(2)13(15-11(4)14)12-8-6-5-7-10(12)3/h5-9,13H,1-4H3. The van der Waals surface area contributed by atoms with Gasteiger partial charge in [0.1, 0.15) is 6.10 Å². The quantitative estimate of drug-likeness (QED) is 0.709. The van der Waals surface area contributed by atoms with E-state index in [9.17, 15) is 4.79 Å². The van der Waals surface area contributed by atoms with Crippen LogP contribution in [0.15, 0.2) is 24.3 Å². The lowest BCUT2D eigenvalue weighted by Gasteiger charge is -2.22. The van der Waals surface area contributed by atoms with Crippen LogP contribution >= 0.6 is 0 Å². The zero-order valence-electron chi connectivity index (χ0n) is 9.78. The van der Waals surface area contributed by atoms with E-state index in [4.69, 9.17) is 4.74 Å². The Morgan fingerprint density at radius 1 is 1.27 bits per heavy atom. The SMILES string of the molecule is CC(=O)OC(c1ccccc1C)C(C)C. The van der Waals surface area contributed by atoms with Gasteiger partial charge >= 0.3 is 5.97 Å². The fraction of sp³-hybridized carbons (Fsp3) is 0.462. The number of aryl methyl sites for hydroxylation is 1. The number of esters is 1. The molecule has 2 nitrogen and oxygen atoms in total. The number of rotatable bonds is 3. The Labute approximate surface area is 91.3 Å². The van der Waals surface area contributed by atoms with Crippen molar-refractivity contribution < 1.29 is 9.53 Å². The number of ether oxygens (including phenoxy) is 1. The molecule has 0 aromatic heterocycles. The van der Waals surface area contributed by atoms with E-state index in [1.165, 1.54) is 6.92 Å². The van der Waals surface area contributed by atoms with Gasteiger partial charge in [-0.05, 0) is 24.0 Å². The summed E-state index contributed by atoms with van der Waals surface area (Å²) >= 11 is 0. The van der Waals surface area contributed by atoms with Gasteiger partial charge in [-0.2, -0.15) is 0 Å². The lowest BCUT2D eigenvalue weighted by atomic mass is 9.95. The van der Waals surface area contributed by atoms with Crippen LogP contribution in [-0.2, 0) is 9.53 Å². The smallest absolute Gasteiger partial charge is 0.303 e. The summed E-state index contributed by atoms with van der Waals surface area (Å²) in [5.74, 6) is 0.0620. The fourth-order valence-corrected chi connectivity index (χ4v) is 1.64. The number of carbonyl (C=O) groups excluding carboxylic acids is 1. The van der Waals surface area contributed by atoms with Crippen LogP contribution in [0.4, 0.5) is 0 Å². The van der Waals surface area contributed by atoms with Gasteiger partial charge in [0, 0.05) is 6.92 Å². The van der Waals surface area contributed by atoms with Crippen LogP contribution in [0.5, 0.6) is 0 Å². The molecule has 1 aromatic carbocycles. The van der Waals surface area contributed by atoms with Gasteiger partial charge in [0.05, 0.1) is 0 Å². The normalized spacial score (nSPS) is 12.6. The molecule has 0 fully saturated rings. The highest BCUT2D eigenvalue weighted by Crippen LogP contribution is 2.28. The number of hydrogen-bond donors (Lipinski definition) is 0. The highest BCUT2D eigenvalue weighted by molar-refractivity contribution is 5.66. The summed E-state index contributed by atoms with van der Waals surface area (Å²) in [6.07, 6.45) is -0.135. The largest absolute Gasteiger partial charge is 0.457 e. The van der Waals surface area contributed by atoms with Crippen molar-refractivity contribution in [1.82, 2.24) is 0 Å². The molecule has 0 saturated heterocycles. The Balaban J connectivity index is 2.99.